The molecule has 2 amide bonds. The Morgan fingerprint density at radius 2 is 2.05 bits per heavy atom. The molecule has 20 heavy (non-hydrogen) atoms. The zero-order valence-corrected chi connectivity index (χ0v) is 12.7. The summed E-state index contributed by atoms with van der Waals surface area (Å²) >= 11 is 1.34. The molecule has 0 saturated carbocycles. The number of hydrogen-bond donors (Lipinski definition) is 2. The molecule has 2 N–H and O–H groups in total. The Bertz CT molecular complexity index is 493. The average Bonchev–Trinajstić information content (AvgIpc) is 2.87. The molecule has 110 valence electrons. The second kappa shape index (κ2) is 5.54. The molecule has 1 aromatic rings. The maximum absolute atomic E-state index is 12.1. The molecule has 1 fully saturated rings. The fourth-order valence-electron chi connectivity index (χ4n) is 2.15. The number of likely N-dealkylation sites (tertiary alicyclic amines) is 1. The molecule has 0 spiro atoms. The minimum absolute atomic E-state index is 0.113. The van der Waals surface area contributed by atoms with Crippen LogP contribution >= 0.6 is 11.3 Å². The first-order valence-corrected chi connectivity index (χ1v) is 7.57. The highest BCUT2D eigenvalue weighted by atomic mass is 32.1. The van der Waals surface area contributed by atoms with Crippen LogP contribution < -0.4 is 5.32 Å². The van der Waals surface area contributed by atoms with E-state index in [1.165, 1.54) is 11.3 Å². The fourth-order valence-corrected chi connectivity index (χ4v) is 2.77. The average molecular weight is 296 g/mol. The van der Waals surface area contributed by atoms with Crippen LogP contribution in [0.25, 0.3) is 0 Å². The van der Waals surface area contributed by atoms with Gasteiger partial charge in [0, 0.05) is 0 Å². The predicted molar refractivity (Wildman–Crippen MR) is 77.6 cm³/mol. The highest BCUT2D eigenvalue weighted by Gasteiger charge is 2.46. The van der Waals surface area contributed by atoms with Crippen LogP contribution in [0.1, 0.15) is 30.4 Å². The number of amides is 2. The number of carbonyl (C=O) groups is 2. The van der Waals surface area contributed by atoms with E-state index < -0.39 is 11.6 Å². The molecule has 0 bridgehead atoms. The number of β-amino-alcohol motifs (C(OH)–C–C–N with tert-alkyl or cyclic N) is 1. The van der Waals surface area contributed by atoms with Crippen molar-refractivity contribution in [3.63, 3.8) is 0 Å². The molecular formula is C14H20N2O3S. The van der Waals surface area contributed by atoms with Gasteiger partial charge >= 0.3 is 0 Å². The van der Waals surface area contributed by atoms with Crippen molar-refractivity contribution in [2.75, 3.05) is 13.1 Å². The molecular weight excluding hydrogens is 276 g/mol. The summed E-state index contributed by atoms with van der Waals surface area (Å²) < 4.78 is 0. The van der Waals surface area contributed by atoms with Gasteiger partial charge in [0.25, 0.3) is 5.91 Å². The van der Waals surface area contributed by atoms with Gasteiger partial charge in [0.1, 0.15) is 11.6 Å². The van der Waals surface area contributed by atoms with Crippen molar-refractivity contribution in [3.8, 4) is 0 Å². The predicted octanol–water partition coefficient (Wildman–Crippen LogP) is 1.10. The maximum atomic E-state index is 12.1. The van der Waals surface area contributed by atoms with Crippen LogP contribution in [-0.2, 0) is 4.79 Å². The van der Waals surface area contributed by atoms with E-state index in [0.29, 0.717) is 18.0 Å². The third kappa shape index (κ3) is 2.86. The van der Waals surface area contributed by atoms with Crippen molar-refractivity contribution < 1.29 is 14.7 Å². The van der Waals surface area contributed by atoms with Crippen LogP contribution in [0, 0.1) is 5.92 Å². The van der Waals surface area contributed by atoms with Crippen LogP contribution in [0.4, 0.5) is 0 Å². The third-order valence-corrected chi connectivity index (χ3v) is 4.65. The van der Waals surface area contributed by atoms with Gasteiger partial charge in [0.15, 0.2) is 0 Å². The van der Waals surface area contributed by atoms with Crippen LogP contribution in [0.5, 0.6) is 0 Å². The standard InChI is InChI=1S/C14H20N2O3S/c1-9(2)14(19)7-16(8-14)13(18)10(3)15-12(17)11-5-4-6-20-11/h4-6,9-10,19H,7-8H2,1-3H3,(H,15,17). The lowest BCUT2D eigenvalue weighted by Gasteiger charge is -2.49. The van der Waals surface area contributed by atoms with E-state index in [4.69, 9.17) is 0 Å². The molecule has 5 nitrogen and oxygen atoms in total. The lowest BCUT2D eigenvalue weighted by atomic mass is 9.82. The largest absolute Gasteiger partial charge is 0.386 e. The summed E-state index contributed by atoms with van der Waals surface area (Å²) in [6, 6.07) is 2.93. The number of nitrogens with one attached hydrogen (secondary N) is 1. The summed E-state index contributed by atoms with van der Waals surface area (Å²) in [5.41, 5.74) is -0.785. The van der Waals surface area contributed by atoms with E-state index in [1.807, 2.05) is 19.2 Å². The molecule has 0 aromatic carbocycles. The fraction of sp³-hybridized carbons (Fsp3) is 0.571. The van der Waals surface area contributed by atoms with Crippen LogP contribution in [0.2, 0.25) is 0 Å². The monoisotopic (exact) mass is 296 g/mol. The molecule has 1 unspecified atom stereocenters. The van der Waals surface area contributed by atoms with Crippen LogP contribution in [-0.4, -0.2) is 46.6 Å². The van der Waals surface area contributed by atoms with Crippen molar-refractivity contribution in [3.05, 3.63) is 22.4 Å². The molecule has 2 rings (SSSR count). The zero-order valence-electron chi connectivity index (χ0n) is 11.9. The lowest BCUT2D eigenvalue weighted by Crippen LogP contribution is -2.68. The molecule has 0 aliphatic carbocycles. The van der Waals surface area contributed by atoms with Crippen molar-refractivity contribution in [2.45, 2.75) is 32.4 Å². The second-order valence-corrected chi connectivity index (χ2v) is 6.57. The summed E-state index contributed by atoms with van der Waals surface area (Å²) in [4.78, 5) is 26.2. The summed E-state index contributed by atoms with van der Waals surface area (Å²) in [6.45, 7) is 6.21. The number of aliphatic hydroxyl groups is 1. The van der Waals surface area contributed by atoms with Crippen molar-refractivity contribution >= 4 is 23.2 Å². The van der Waals surface area contributed by atoms with Gasteiger partial charge in [-0.1, -0.05) is 19.9 Å². The van der Waals surface area contributed by atoms with Gasteiger partial charge in [-0.25, -0.2) is 0 Å². The first-order chi connectivity index (χ1) is 9.33. The first-order valence-electron chi connectivity index (χ1n) is 6.69. The van der Waals surface area contributed by atoms with Crippen LogP contribution in [0.15, 0.2) is 17.5 Å². The Labute approximate surface area is 122 Å². The Hall–Kier alpha value is -1.40. The summed E-state index contributed by atoms with van der Waals surface area (Å²) in [7, 11) is 0. The molecule has 1 saturated heterocycles. The summed E-state index contributed by atoms with van der Waals surface area (Å²) in [5, 5.41) is 14.6. The number of nitrogens with zero attached hydrogens (tertiary/aromatic N) is 1. The van der Waals surface area contributed by atoms with Crippen molar-refractivity contribution in [1.82, 2.24) is 10.2 Å². The molecule has 1 aromatic heterocycles. The summed E-state index contributed by atoms with van der Waals surface area (Å²) in [6.07, 6.45) is 0. The highest BCUT2D eigenvalue weighted by molar-refractivity contribution is 7.12. The Morgan fingerprint density at radius 1 is 1.40 bits per heavy atom. The van der Waals surface area contributed by atoms with E-state index in [9.17, 15) is 14.7 Å². The Morgan fingerprint density at radius 3 is 2.55 bits per heavy atom. The summed E-state index contributed by atoms with van der Waals surface area (Å²) in [5.74, 6) is -0.275. The molecule has 1 aliphatic heterocycles. The second-order valence-electron chi connectivity index (χ2n) is 5.63. The minimum Gasteiger partial charge on any atom is -0.386 e. The van der Waals surface area contributed by atoms with Crippen molar-refractivity contribution in [2.24, 2.45) is 5.92 Å². The SMILES string of the molecule is CC(NC(=O)c1cccs1)C(=O)N1CC(O)(C(C)C)C1. The van der Waals surface area contributed by atoms with Gasteiger partial charge in [-0.2, -0.15) is 0 Å². The van der Waals surface area contributed by atoms with Gasteiger partial charge in [-0.15, -0.1) is 11.3 Å². The minimum atomic E-state index is -0.785. The lowest BCUT2D eigenvalue weighted by molar-refractivity contribution is -0.165. The molecule has 1 aliphatic rings. The molecule has 1 atom stereocenters. The van der Waals surface area contributed by atoms with E-state index in [1.54, 1.807) is 24.0 Å². The maximum Gasteiger partial charge on any atom is 0.261 e. The van der Waals surface area contributed by atoms with E-state index in [2.05, 4.69) is 5.32 Å². The van der Waals surface area contributed by atoms with Gasteiger partial charge in [-0.05, 0) is 24.3 Å². The van der Waals surface area contributed by atoms with Gasteiger partial charge in [0.2, 0.25) is 5.91 Å². The topological polar surface area (TPSA) is 69.6 Å². The molecule has 6 heteroatoms. The third-order valence-electron chi connectivity index (χ3n) is 3.78. The quantitative estimate of drug-likeness (QED) is 0.874. The van der Waals surface area contributed by atoms with E-state index in [-0.39, 0.29) is 17.7 Å². The van der Waals surface area contributed by atoms with Gasteiger partial charge in [0.05, 0.1) is 18.0 Å². The van der Waals surface area contributed by atoms with Gasteiger partial charge < -0.3 is 15.3 Å². The molecule has 0 radical (unpaired) electrons. The number of thiophene rings is 1. The van der Waals surface area contributed by atoms with Crippen LogP contribution in [0.3, 0.4) is 0 Å². The van der Waals surface area contributed by atoms with E-state index >= 15 is 0 Å². The number of hydrogen-bond acceptors (Lipinski definition) is 4. The van der Waals surface area contributed by atoms with Crippen molar-refractivity contribution in [1.29, 1.82) is 0 Å². The van der Waals surface area contributed by atoms with E-state index in [0.717, 1.165) is 0 Å². The Kier molecular flexibility index (Phi) is 4.15. The number of rotatable bonds is 4. The first kappa shape index (κ1) is 15.0. The number of carbonyl (C=O) groups excluding carboxylic acids is 2. The van der Waals surface area contributed by atoms with Gasteiger partial charge in [-0.3, -0.25) is 9.59 Å². The normalized spacial score (nSPS) is 18.6. The zero-order chi connectivity index (χ0) is 14.9. The molecule has 2 heterocycles. The highest BCUT2D eigenvalue weighted by Crippen LogP contribution is 2.28. The Balaban J connectivity index is 1.87. The smallest absolute Gasteiger partial charge is 0.261 e.